The normalized spacial score (nSPS) is 16.5. The summed E-state index contributed by atoms with van der Waals surface area (Å²) >= 11 is 0. The van der Waals surface area contributed by atoms with Gasteiger partial charge in [0.2, 0.25) is 0 Å². The van der Waals surface area contributed by atoms with Crippen molar-refractivity contribution in [1.82, 2.24) is 9.88 Å². The molecular weight excluding hydrogens is 392 g/mol. The Bertz CT molecular complexity index is 1120. The monoisotopic (exact) mass is 420 g/mol. The number of benzene rings is 1. The first-order valence-corrected chi connectivity index (χ1v) is 11.0. The fraction of sp³-hybridized carbons (Fsp3) is 0.400. The van der Waals surface area contributed by atoms with Gasteiger partial charge in [-0.05, 0) is 61.9 Å². The number of aromatic nitrogens is 1. The number of aryl methyl sites for hydroxylation is 2. The summed E-state index contributed by atoms with van der Waals surface area (Å²) in [5.74, 6) is 0.516. The molecule has 0 radical (unpaired) electrons. The van der Waals surface area contributed by atoms with E-state index < -0.39 is 0 Å². The zero-order chi connectivity index (χ0) is 21.8. The molecule has 4 rings (SSSR count). The van der Waals surface area contributed by atoms with Gasteiger partial charge in [-0.25, -0.2) is 4.79 Å². The molecule has 1 unspecified atom stereocenters. The predicted octanol–water partition coefficient (Wildman–Crippen LogP) is 4.58. The van der Waals surface area contributed by atoms with E-state index in [2.05, 4.69) is 11.9 Å². The highest BCUT2D eigenvalue weighted by molar-refractivity contribution is 5.85. The Morgan fingerprint density at radius 1 is 1.29 bits per heavy atom. The second kappa shape index (κ2) is 9.33. The van der Waals surface area contributed by atoms with Crippen molar-refractivity contribution in [1.29, 1.82) is 0 Å². The van der Waals surface area contributed by atoms with Crippen molar-refractivity contribution >= 4 is 16.9 Å². The van der Waals surface area contributed by atoms with Crippen LogP contribution in [0.1, 0.15) is 55.3 Å². The Labute approximate surface area is 181 Å². The number of hydrogen-bond donors (Lipinski definition) is 0. The maximum absolute atomic E-state index is 13.0. The maximum Gasteiger partial charge on any atom is 0.336 e. The molecule has 2 aromatic heterocycles. The van der Waals surface area contributed by atoms with Crippen molar-refractivity contribution in [2.45, 2.75) is 52.0 Å². The number of fused-ring (bicyclic) bond motifs is 1. The lowest BCUT2D eigenvalue weighted by molar-refractivity contribution is -0.137. The van der Waals surface area contributed by atoms with E-state index in [1.165, 1.54) is 0 Å². The van der Waals surface area contributed by atoms with Gasteiger partial charge in [0.05, 0.1) is 6.04 Å². The SMILES string of the molecule is CCCc1cc(=O)oc2c(C)c(OCC(=O)N3CCCCC3c3cccnc3)ccc12. The molecule has 1 fully saturated rings. The second-order valence-corrected chi connectivity index (χ2v) is 8.08. The molecule has 0 bridgehead atoms. The molecule has 0 aliphatic carbocycles. The van der Waals surface area contributed by atoms with Crippen molar-refractivity contribution in [3.8, 4) is 5.75 Å². The van der Waals surface area contributed by atoms with Crippen LogP contribution in [0.15, 0.2) is 51.9 Å². The number of likely N-dealkylation sites (tertiary alicyclic amines) is 1. The van der Waals surface area contributed by atoms with Crippen LogP contribution in [0.3, 0.4) is 0 Å². The molecule has 31 heavy (non-hydrogen) atoms. The van der Waals surface area contributed by atoms with Gasteiger partial charge in [-0.1, -0.05) is 19.4 Å². The molecule has 1 atom stereocenters. The minimum atomic E-state index is -0.361. The van der Waals surface area contributed by atoms with E-state index in [0.29, 0.717) is 17.9 Å². The number of rotatable bonds is 6. The number of piperidine rings is 1. The Morgan fingerprint density at radius 3 is 2.94 bits per heavy atom. The molecule has 1 saturated heterocycles. The van der Waals surface area contributed by atoms with Gasteiger partial charge < -0.3 is 14.1 Å². The molecule has 6 heteroatoms. The summed E-state index contributed by atoms with van der Waals surface area (Å²) in [6, 6.07) is 9.29. The summed E-state index contributed by atoms with van der Waals surface area (Å²) in [5, 5.41) is 0.922. The van der Waals surface area contributed by atoms with Crippen LogP contribution in [0.5, 0.6) is 5.75 Å². The highest BCUT2D eigenvalue weighted by Crippen LogP contribution is 2.32. The van der Waals surface area contributed by atoms with Crippen molar-refractivity contribution in [2.75, 3.05) is 13.2 Å². The number of hydrogen-bond acceptors (Lipinski definition) is 5. The summed E-state index contributed by atoms with van der Waals surface area (Å²) in [6.07, 6.45) is 8.34. The first kappa shape index (κ1) is 21.1. The zero-order valence-corrected chi connectivity index (χ0v) is 18.1. The van der Waals surface area contributed by atoms with E-state index in [0.717, 1.165) is 54.2 Å². The van der Waals surface area contributed by atoms with E-state index in [-0.39, 0.29) is 24.2 Å². The van der Waals surface area contributed by atoms with Gasteiger partial charge >= 0.3 is 5.63 Å². The number of pyridine rings is 1. The van der Waals surface area contributed by atoms with Crippen LogP contribution < -0.4 is 10.4 Å². The van der Waals surface area contributed by atoms with E-state index >= 15 is 0 Å². The van der Waals surface area contributed by atoms with Crippen LogP contribution in [-0.4, -0.2) is 28.9 Å². The lowest BCUT2D eigenvalue weighted by Gasteiger charge is -2.35. The standard InChI is InChI=1S/C25H28N2O4/c1-3-7-18-14-24(29)31-25-17(2)22(11-10-20(18)25)30-16-23(28)27-13-5-4-9-21(27)19-8-6-12-26-15-19/h6,8,10-12,14-15,21H,3-5,7,9,13,16H2,1-2H3. The Kier molecular flexibility index (Phi) is 6.35. The largest absolute Gasteiger partial charge is 0.483 e. The molecule has 6 nitrogen and oxygen atoms in total. The van der Waals surface area contributed by atoms with Gasteiger partial charge in [-0.15, -0.1) is 0 Å². The first-order valence-electron chi connectivity index (χ1n) is 11.0. The number of carbonyl (C=O) groups excluding carboxylic acids is 1. The number of amides is 1. The topological polar surface area (TPSA) is 72.6 Å². The Hall–Kier alpha value is -3.15. The van der Waals surface area contributed by atoms with Crippen molar-refractivity contribution in [3.63, 3.8) is 0 Å². The van der Waals surface area contributed by atoms with Crippen molar-refractivity contribution < 1.29 is 13.9 Å². The van der Waals surface area contributed by atoms with Crippen LogP contribution in [-0.2, 0) is 11.2 Å². The minimum absolute atomic E-state index is 0.0332. The third-order valence-corrected chi connectivity index (χ3v) is 5.96. The molecule has 1 aliphatic rings. The second-order valence-electron chi connectivity index (χ2n) is 8.08. The van der Waals surface area contributed by atoms with Crippen molar-refractivity contribution in [2.24, 2.45) is 0 Å². The fourth-order valence-electron chi connectivity index (χ4n) is 4.41. The lowest BCUT2D eigenvalue weighted by Crippen LogP contribution is -2.41. The summed E-state index contributed by atoms with van der Waals surface area (Å²) in [5.41, 5.74) is 2.95. The molecule has 0 spiro atoms. The van der Waals surface area contributed by atoms with Crippen LogP contribution >= 0.6 is 0 Å². The zero-order valence-electron chi connectivity index (χ0n) is 18.1. The highest BCUT2D eigenvalue weighted by Gasteiger charge is 2.28. The van der Waals surface area contributed by atoms with Crippen LogP contribution in [0.4, 0.5) is 0 Å². The van der Waals surface area contributed by atoms with E-state index in [1.807, 2.05) is 42.3 Å². The maximum atomic E-state index is 13.0. The third kappa shape index (κ3) is 4.48. The van der Waals surface area contributed by atoms with Crippen LogP contribution in [0, 0.1) is 6.92 Å². The third-order valence-electron chi connectivity index (χ3n) is 5.96. The van der Waals surface area contributed by atoms with E-state index in [9.17, 15) is 9.59 Å². The molecule has 0 saturated carbocycles. The first-order chi connectivity index (χ1) is 15.1. The van der Waals surface area contributed by atoms with Crippen LogP contribution in [0.25, 0.3) is 11.0 Å². The Morgan fingerprint density at radius 2 is 2.16 bits per heavy atom. The van der Waals surface area contributed by atoms with E-state index in [1.54, 1.807) is 12.3 Å². The van der Waals surface area contributed by atoms with Gasteiger partial charge in [0, 0.05) is 36.0 Å². The number of carbonyl (C=O) groups is 1. The Balaban J connectivity index is 1.53. The molecule has 162 valence electrons. The molecule has 3 aromatic rings. The van der Waals surface area contributed by atoms with Gasteiger partial charge in [0.1, 0.15) is 11.3 Å². The molecule has 1 aliphatic heterocycles. The number of nitrogens with zero attached hydrogens (tertiary/aromatic N) is 2. The van der Waals surface area contributed by atoms with Gasteiger partial charge in [-0.2, -0.15) is 0 Å². The van der Waals surface area contributed by atoms with Crippen LogP contribution in [0.2, 0.25) is 0 Å². The minimum Gasteiger partial charge on any atom is -0.483 e. The highest BCUT2D eigenvalue weighted by atomic mass is 16.5. The van der Waals surface area contributed by atoms with E-state index in [4.69, 9.17) is 9.15 Å². The van der Waals surface area contributed by atoms with Gasteiger partial charge in [0.15, 0.2) is 6.61 Å². The lowest BCUT2D eigenvalue weighted by atomic mass is 9.96. The fourth-order valence-corrected chi connectivity index (χ4v) is 4.41. The average molecular weight is 421 g/mol. The molecular formula is C25H28N2O4. The van der Waals surface area contributed by atoms with Gasteiger partial charge in [-0.3, -0.25) is 9.78 Å². The molecule has 1 aromatic carbocycles. The summed E-state index contributed by atoms with van der Waals surface area (Å²) in [4.78, 5) is 31.2. The summed E-state index contributed by atoms with van der Waals surface area (Å²) < 4.78 is 11.4. The smallest absolute Gasteiger partial charge is 0.336 e. The molecule has 3 heterocycles. The molecule has 0 N–H and O–H groups in total. The molecule has 1 amide bonds. The van der Waals surface area contributed by atoms with Crippen molar-refractivity contribution in [3.05, 3.63) is 69.8 Å². The predicted molar refractivity (Wildman–Crippen MR) is 119 cm³/mol. The summed E-state index contributed by atoms with van der Waals surface area (Å²) in [7, 11) is 0. The van der Waals surface area contributed by atoms with Gasteiger partial charge in [0.25, 0.3) is 5.91 Å². The quantitative estimate of drug-likeness (QED) is 0.546. The average Bonchev–Trinajstić information content (AvgIpc) is 2.79. The summed E-state index contributed by atoms with van der Waals surface area (Å²) in [6.45, 7) is 4.60. The number of ether oxygens (including phenoxy) is 1.